The molecule has 2 aromatic carbocycles. The Morgan fingerprint density at radius 3 is 2.79 bits per heavy atom. The van der Waals surface area contributed by atoms with Gasteiger partial charge in [0.15, 0.2) is 5.82 Å². The Balaban J connectivity index is 1.72. The van der Waals surface area contributed by atoms with E-state index in [1.165, 1.54) is 11.8 Å². The number of ether oxygens (including phenoxy) is 1. The minimum absolute atomic E-state index is 0.106. The molecule has 0 aliphatic heterocycles. The molecule has 0 aliphatic carbocycles. The summed E-state index contributed by atoms with van der Waals surface area (Å²) in [6.45, 7) is 5.78. The zero-order valence-corrected chi connectivity index (χ0v) is 17.6. The van der Waals surface area contributed by atoms with Gasteiger partial charge in [0.25, 0.3) is 0 Å². The van der Waals surface area contributed by atoms with Crippen LogP contribution in [0, 0.1) is 13.8 Å². The number of anilines is 1. The highest BCUT2D eigenvalue weighted by atomic mass is 35.5. The SMILES string of the molecule is COc1ccc(Cl)cc1-c1nc(S[C@H](C)C(=O)Nc2cc(C)ccc2C)n[nH]1. The molecular formula is C20H21ClN4O2S. The van der Waals surface area contributed by atoms with Crippen LogP contribution in [0.2, 0.25) is 5.02 Å². The smallest absolute Gasteiger partial charge is 0.237 e. The molecule has 1 aromatic heterocycles. The molecule has 0 saturated carbocycles. The van der Waals surface area contributed by atoms with Gasteiger partial charge in [-0.15, -0.1) is 5.10 Å². The molecule has 146 valence electrons. The van der Waals surface area contributed by atoms with Gasteiger partial charge in [0.1, 0.15) is 5.75 Å². The maximum Gasteiger partial charge on any atom is 0.237 e. The summed E-state index contributed by atoms with van der Waals surface area (Å²) in [5, 5.41) is 10.7. The molecule has 0 unspecified atom stereocenters. The molecule has 28 heavy (non-hydrogen) atoms. The minimum Gasteiger partial charge on any atom is -0.496 e. The van der Waals surface area contributed by atoms with Gasteiger partial charge in [0.2, 0.25) is 11.1 Å². The third-order valence-corrected chi connectivity index (χ3v) is 5.38. The van der Waals surface area contributed by atoms with Gasteiger partial charge in [-0.1, -0.05) is 35.5 Å². The molecule has 0 bridgehead atoms. The van der Waals surface area contributed by atoms with E-state index in [9.17, 15) is 4.79 Å². The van der Waals surface area contributed by atoms with Crippen molar-refractivity contribution < 1.29 is 9.53 Å². The number of methoxy groups -OCH3 is 1. The number of halogens is 1. The molecule has 0 radical (unpaired) electrons. The summed E-state index contributed by atoms with van der Waals surface area (Å²) in [5.74, 6) is 1.06. The Bertz CT molecular complexity index is 1010. The Morgan fingerprint density at radius 1 is 1.25 bits per heavy atom. The van der Waals surface area contributed by atoms with E-state index in [0.29, 0.717) is 27.3 Å². The third-order valence-electron chi connectivity index (χ3n) is 4.18. The summed E-state index contributed by atoms with van der Waals surface area (Å²) in [6, 6.07) is 11.2. The number of carbonyl (C=O) groups excluding carboxylic acids is 1. The Kier molecular flexibility index (Phi) is 6.26. The van der Waals surface area contributed by atoms with Crippen molar-refractivity contribution in [3.8, 4) is 17.1 Å². The van der Waals surface area contributed by atoms with Crippen LogP contribution in [-0.4, -0.2) is 33.4 Å². The molecule has 1 atom stereocenters. The number of carbonyl (C=O) groups is 1. The van der Waals surface area contributed by atoms with Gasteiger partial charge < -0.3 is 10.1 Å². The molecule has 0 spiro atoms. The quantitative estimate of drug-likeness (QED) is 0.560. The van der Waals surface area contributed by atoms with Crippen molar-refractivity contribution in [1.29, 1.82) is 0 Å². The summed E-state index contributed by atoms with van der Waals surface area (Å²) < 4.78 is 5.35. The van der Waals surface area contributed by atoms with E-state index in [-0.39, 0.29) is 11.2 Å². The van der Waals surface area contributed by atoms with Gasteiger partial charge in [0, 0.05) is 10.7 Å². The van der Waals surface area contributed by atoms with Gasteiger partial charge in [0.05, 0.1) is 17.9 Å². The maximum absolute atomic E-state index is 12.6. The molecule has 2 N–H and O–H groups in total. The summed E-state index contributed by atoms with van der Waals surface area (Å²) in [7, 11) is 1.58. The molecule has 1 amide bonds. The predicted octanol–water partition coefficient (Wildman–Crippen LogP) is 4.87. The number of aromatic amines is 1. The fraction of sp³-hybridized carbons (Fsp3) is 0.250. The number of rotatable bonds is 6. The molecule has 6 nitrogen and oxygen atoms in total. The van der Waals surface area contributed by atoms with Crippen LogP contribution in [0.5, 0.6) is 5.75 Å². The summed E-state index contributed by atoms with van der Waals surface area (Å²) in [6.07, 6.45) is 0. The average Bonchev–Trinajstić information content (AvgIpc) is 3.13. The third kappa shape index (κ3) is 4.66. The van der Waals surface area contributed by atoms with Crippen LogP contribution in [0.3, 0.4) is 0 Å². The van der Waals surface area contributed by atoms with Gasteiger partial charge >= 0.3 is 0 Å². The lowest BCUT2D eigenvalue weighted by Gasteiger charge is -2.12. The van der Waals surface area contributed by atoms with Crippen LogP contribution in [-0.2, 0) is 4.79 Å². The zero-order valence-electron chi connectivity index (χ0n) is 16.0. The summed E-state index contributed by atoms with van der Waals surface area (Å²) in [4.78, 5) is 17.0. The Morgan fingerprint density at radius 2 is 2.04 bits per heavy atom. The Labute approximate surface area is 173 Å². The largest absolute Gasteiger partial charge is 0.496 e. The number of hydrogen-bond acceptors (Lipinski definition) is 5. The fourth-order valence-electron chi connectivity index (χ4n) is 2.60. The first-order valence-electron chi connectivity index (χ1n) is 8.68. The van der Waals surface area contributed by atoms with Crippen molar-refractivity contribution in [2.75, 3.05) is 12.4 Å². The number of H-pyrrole nitrogens is 1. The second kappa shape index (κ2) is 8.67. The highest BCUT2D eigenvalue weighted by Gasteiger charge is 2.19. The Hall–Kier alpha value is -2.51. The number of thioether (sulfide) groups is 1. The van der Waals surface area contributed by atoms with Gasteiger partial charge in [-0.2, -0.15) is 0 Å². The van der Waals surface area contributed by atoms with Crippen molar-refractivity contribution in [1.82, 2.24) is 15.2 Å². The number of nitrogens with zero attached hydrogens (tertiary/aromatic N) is 2. The summed E-state index contributed by atoms with van der Waals surface area (Å²) >= 11 is 7.36. The van der Waals surface area contributed by atoms with Gasteiger partial charge in [-0.05, 0) is 56.2 Å². The van der Waals surface area contributed by atoms with E-state index >= 15 is 0 Å². The van der Waals surface area contributed by atoms with Crippen LogP contribution < -0.4 is 10.1 Å². The van der Waals surface area contributed by atoms with Crippen LogP contribution in [0.4, 0.5) is 5.69 Å². The van der Waals surface area contributed by atoms with Gasteiger partial charge in [-0.25, -0.2) is 4.98 Å². The topological polar surface area (TPSA) is 79.9 Å². The number of benzene rings is 2. The molecule has 3 aromatic rings. The highest BCUT2D eigenvalue weighted by Crippen LogP contribution is 2.32. The molecule has 0 aliphatic rings. The molecule has 3 rings (SSSR count). The first-order chi connectivity index (χ1) is 13.4. The van der Waals surface area contributed by atoms with Crippen molar-refractivity contribution >= 4 is 35.0 Å². The van der Waals surface area contributed by atoms with E-state index in [1.54, 1.807) is 25.3 Å². The second-order valence-corrected chi connectivity index (χ2v) is 8.12. The lowest BCUT2D eigenvalue weighted by atomic mass is 10.1. The standard InChI is InChI=1S/C20H21ClN4O2S/c1-11-5-6-12(2)16(9-11)22-19(26)13(3)28-20-23-18(24-25-20)15-10-14(21)7-8-17(15)27-4/h5-10,13H,1-4H3,(H,22,26)(H,23,24,25)/t13-/m1/s1. The molecule has 8 heteroatoms. The van der Waals surface area contributed by atoms with E-state index in [1.807, 2.05) is 39.0 Å². The van der Waals surface area contributed by atoms with Crippen molar-refractivity contribution in [3.63, 3.8) is 0 Å². The maximum atomic E-state index is 12.6. The number of amides is 1. The van der Waals surface area contributed by atoms with Crippen LogP contribution in [0.15, 0.2) is 41.6 Å². The van der Waals surface area contributed by atoms with Crippen molar-refractivity contribution in [3.05, 3.63) is 52.5 Å². The van der Waals surface area contributed by atoms with Crippen LogP contribution >= 0.6 is 23.4 Å². The van der Waals surface area contributed by atoms with E-state index in [4.69, 9.17) is 16.3 Å². The van der Waals surface area contributed by atoms with Crippen molar-refractivity contribution in [2.45, 2.75) is 31.2 Å². The minimum atomic E-state index is -0.371. The number of nitrogens with one attached hydrogen (secondary N) is 2. The van der Waals surface area contributed by atoms with Crippen LogP contribution in [0.25, 0.3) is 11.4 Å². The van der Waals surface area contributed by atoms with E-state index < -0.39 is 0 Å². The average molecular weight is 417 g/mol. The lowest BCUT2D eigenvalue weighted by molar-refractivity contribution is -0.115. The van der Waals surface area contributed by atoms with E-state index in [0.717, 1.165) is 16.8 Å². The van der Waals surface area contributed by atoms with E-state index in [2.05, 4.69) is 20.5 Å². The fourth-order valence-corrected chi connectivity index (χ4v) is 3.50. The van der Waals surface area contributed by atoms with Crippen LogP contribution in [0.1, 0.15) is 18.1 Å². The predicted molar refractivity (Wildman–Crippen MR) is 113 cm³/mol. The molecule has 0 fully saturated rings. The number of aromatic nitrogens is 3. The molecule has 1 heterocycles. The normalized spacial score (nSPS) is 11.9. The first kappa shape index (κ1) is 20.2. The lowest BCUT2D eigenvalue weighted by Crippen LogP contribution is -2.23. The monoisotopic (exact) mass is 416 g/mol. The zero-order chi connectivity index (χ0) is 20.3. The first-order valence-corrected chi connectivity index (χ1v) is 9.94. The molecule has 0 saturated heterocycles. The highest BCUT2D eigenvalue weighted by molar-refractivity contribution is 8.00. The number of hydrogen-bond donors (Lipinski definition) is 2. The summed E-state index contributed by atoms with van der Waals surface area (Å²) in [5.41, 5.74) is 3.64. The van der Waals surface area contributed by atoms with Crippen molar-refractivity contribution in [2.24, 2.45) is 0 Å². The van der Waals surface area contributed by atoms with Gasteiger partial charge in [-0.3, -0.25) is 9.89 Å². The number of aryl methyl sites for hydroxylation is 2. The second-order valence-electron chi connectivity index (χ2n) is 6.38. The molecular weight excluding hydrogens is 396 g/mol.